The predicted octanol–water partition coefficient (Wildman–Crippen LogP) is 3.20. The van der Waals surface area contributed by atoms with Crippen molar-refractivity contribution in [3.63, 3.8) is 0 Å². The van der Waals surface area contributed by atoms with Gasteiger partial charge in [0.15, 0.2) is 0 Å². The molecule has 1 N–H and O–H groups in total. The zero-order valence-electron chi connectivity index (χ0n) is 13.2. The first-order valence-corrected chi connectivity index (χ1v) is 8.90. The van der Waals surface area contributed by atoms with Crippen LogP contribution in [-0.2, 0) is 17.6 Å². The van der Waals surface area contributed by atoms with Gasteiger partial charge >= 0.3 is 5.97 Å². The number of carboxylic acids is 1. The Morgan fingerprint density at radius 2 is 2.05 bits per heavy atom. The van der Waals surface area contributed by atoms with Crippen molar-refractivity contribution in [1.29, 1.82) is 0 Å². The minimum atomic E-state index is -0.785. The molecule has 0 bridgehead atoms. The van der Waals surface area contributed by atoms with E-state index in [1.807, 2.05) is 19.9 Å². The van der Waals surface area contributed by atoms with Crippen LogP contribution in [-0.4, -0.2) is 35.0 Å². The lowest BCUT2D eigenvalue weighted by Crippen LogP contribution is -2.40. The van der Waals surface area contributed by atoms with Crippen LogP contribution >= 0.6 is 11.3 Å². The predicted molar refractivity (Wildman–Crippen MR) is 86.4 cm³/mol. The summed E-state index contributed by atoms with van der Waals surface area (Å²) in [6.07, 6.45) is 5.12. The van der Waals surface area contributed by atoms with Gasteiger partial charge in [-0.05, 0) is 49.7 Å². The number of rotatable bonds is 3. The van der Waals surface area contributed by atoms with Crippen molar-refractivity contribution in [1.82, 2.24) is 4.90 Å². The minimum Gasteiger partial charge on any atom is -0.481 e. The normalized spacial score (nSPS) is 24.6. The molecule has 0 radical (unpaired) electrons. The molecule has 22 heavy (non-hydrogen) atoms. The van der Waals surface area contributed by atoms with E-state index in [1.165, 1.54) is 23.3 Å². The Bertz CT molecular complexity index is 584. The number of likely N-dealkylation sites (tertiary alicyclic amines) is 1. The van der Waals surface area contributed by atoms with E-state index in [0.29, 0.717) is 19.5 Å². The summed E-state index contributed by atoms with van der Waals surface area (Å²) in [6.45, 7) is 4.76. The molecule has 1 aliphatic carbocycles. The van der Waals surface area contributed by atoms with E-state index in [-0.39, 0.29) is 11.8 Å². The Morgan fingerprint density at radius 1 is 1.32 bits per heavy atom. The Labute approximate surface area is 135 Å². The summed E-state index contributed by atoms with van der Waals surface area (Å²) in [6, 6.07) is 2.04. The Morgan fingerprint density at radius 3 is 2.64 bits per heavy atom. The van der Waals surface area contributed by atoms with Gasteiger partial charge in [-0.1, -0.05) is 13.8 Å². The van der Waals surface area contributed by atoms with Crippen molar-refractivity contribution in [3.05, 3.63) is 21.4 Å². The maximum absolute atomic E-state index is 12.7. The molecule has 0 saturated carbocycles. The number of carboxylic acid groups (broad SMARTS) is 1. The van der Waals surface area contributed by atoms with Crippen molar-refractivity contribution >= 4 is 23.2 Å². The smallest absolute Gasteiger partial charge is 0.311 e. The van der Waals surface area contributed by atoms with Crippen LogP contribution in [0.15, 0.2) is 6.07 Å². The van der Waals surface area contributed by atoms with Gasteiger partial charge in [0, 0.05) is 18.0 Å². The summed E-state index contributed by atoms with van der Waals surface area (Å²) in [7, 11) is 0. The molecule has 1 aliphatic heterocycles. The molecule has 4 nitrogen and oxygen atoms in total. The van der Waals surface area contributed by atoms with Crippen LogP contribution in [0.1, 0.15) is 53.2 Å². The lowest BCUT2D eigenvalue weighted by molar-refractivity contribution is -0.150. The molecular weight excluding hydrogens is 298 g/mol. The highest BCUT2D eigenvalue weighted by Gasteiger charge is 2.48. The number of hydrogen-bond acceptors (Lipinski definition) is 3. The lowest BCUT2D eigenvalue weighted by atomic mass is 9.76. The van der Waals surface area contributed by atoms with Crippen LogP contribution < -0.4 is 0 Å². The van der Waals surface area contributed by atoms with E-state index >= 15 is 0 Å². The molecule has 2 heterocycles. The molecule has 1 aromatic heterocycles. The SMILES string of the molecule is CC(C)C1(C(=O)O)CCN(C(=O)c2cc3c(s2)CCCC3)C1. The second kappa shape index (κ2) is 5.69. The zero-order chi connectivity index (χ0) is 15.9. The van der Waals surface area contributed by atoms with Gasteiger partial charge < -0.3 is 10.0 Å². The maximum Gasteiger partial charge on any atom is 0.311 e. The highest BCUT2D eigenvalue weighted by molar-refractivity contribution is 7.14. The van der Waals surface area contributed by atoms with E-state index in [1.54, 1.807) is 16.2 Å². The first-order valence-electron chi connectivity index (χ1n) is 8.08. The Balaban J connectivity index is 1.79. The molecule has 120 valence electrons. The fraction of sp³-hybridized carbons (Fsp3) is 0.647. The second-order valence-corrected chi connectivity index (χ2v) is 8.00. The summed E-state index contributed by atoms with van der Waals surface area (Å²) in [4.78, 5) is 28.3. The van der Waals surface area contributed by atoms with E-state index < -0.39 is 11.4 Å². The zero-order valence-corrected chi connectivity index (χ0v) is 14.0. The van der Waals surface area contributed by atoms with E-state index in [0.717, 1.165) is 17.7 Å². The average Bonchev–Trinajstić information content (AvgIpc) is 3.11. The van der Waals surface area contributed by atoms with Crippen LogP contribution in [0.4, 0.5) is 0 Å². The van der Waals surface area contributed by atoms with Crippen LogP contribution in [0, 0.1) is 11.3 Å². The minimum absolute atomic E-state index is 0.0168. The Kier molecular flexibility index (Phi) is 4.02. The van der Waals surface area contributed by atoms with Gasteiger partial charge in [-0.2, -0.15) is 0 Å². The first kappa shape index (κ1) is 15.5. The van der Waals surface area contributed by atoms with E-state index in [4.69, 9.17) is 0 Å². The van der Waals surface area contributed by atoms with Gasteiger partial charge in [0.05, 0.1) is 10.3 Å². The van der Waals surface area contributed by atoms with Crippen molar-refractivity contribution in [2.24, 2.45) is 11.3 Å². The lowest BCUT2D eigenvalue weighted by Gasteiger charge is -2.28. The monoisotopic (exact) mass is 321 g/mol. The fourth-order valence-electron chi connectivity index (χ4n) is 3.65. The standard InChI is InChI=1S/C17H23NO3S/c1-11(2)17(16(20)21)7-8-18(10-17)15(19)14-9-12-5-3-4-6-13(12)22-14/h9,11H,3-8,10H2,1-2H3,(H,20,21). The van der Waals surface area contributed by atoms with Crippen molar-refractivity contribution in [2.75, 3.05) is 13.1 Å². The molecular formula is C17H23NO3S. The molecule has 1 amide bonds. The van der Waals surface area contributed by atoms with Crippen LogP contribution in [0.5, 0.6) is 0 Å². The second-order valence-electron chi connectivity index (χ2n) is 6.86. The van der Waals surface area contributed by atoms with Crippen molar-refractivity contribution in [3.8, 4) is 0 Å². The third kappa shape index (κ3) is 2.45. The maximum atomic E-state index is 12.7. The Hall–Kier alpha value is -1.36. The topological polar surface area (TPSA) is 57.6 Å². The summed E-state index contributed by atoms with van der Waals surface area (Å²) < 4.78 is 0. The molecule has 1 saturated heterocycles. The number of hydrogen-bond donors (Lipinski definition) is 1. The molecule has 1 aromatic rings. The van der Waals surface area contributed by atoms with Crippen molar-refractivity contribution < 1.29 is 14.7 Å². The average molecular weight is 321 g/mol. The highest BCUT2D eigenvalue weighted by atomic mass is 32.1. The van der Waals surface area contributed by atoms with Crippen LogP contribution in [0.2, 0.25) is 0 Å². The van der Waals surface area contributed by atoms with Crippen molar-refractivity contribution in [2.45, 2.75) is 46.0 Å². The van der Waals surface area contributed by atoms with Gasteiger partial charge in [0.25, 0.3) is 5.91 Å². The molecule has 1 fully saturated rings. The molecule has 2 aliphatic rings. The molecule has 3 rings (SSSR count). The number of fused-ring (bicyclic) bond motifs is 1. The number of carbonyl (C=O) groups is 2. The molecule has 5 heteroatoms. The summed E-state index contributed by atoms with van der Waals surface area (Å²) in [5.74, 6) is -0.731. The van der Waals surface area contributed by atoms with E-state index in [2.05, 4.69) is 0 Å². The third-order valence-corrected chi connectivity index (χ3v) is 6.55. The van der Waals surface area contributed by atoms with Gasteiger partial charge in [0.1, 0.15) is 0 Å². The van der Waals surface area contributed by atoms with Gasteiger partial charge in [-0.25, -0.2) is 0 Å². The number of aliphatic carboxylic acids is 1. The van der Waals surface area contributed by atoms with Gasteiger partial charge in [-0.3, -0.25) is 9.59 Å². The molecule has 1 atom stereocenters. The first-order chi connectivity index (χ1) is 10.4. The number of carbonyl (C=O) groups excluding carboxylic acids is 1. The van der Waals surface area contributed by atoms with Gasteiger partial charge in [-0.15, -0.1) is 11.3 Å². The van der Waals surface area contributed by atoms with E-state index in [9.17, 15) is 14.7 Å². The summed E-state index contributed by atoms with van der Waals surface area (Å²) in [5, 5.41) is 9.60. The quantitative estimate of drug-likeness (QED) is 0.930. The number of amides is 1. The number of nitrogens with zero attached hydrogens (tertiary/aromatic N) is 1. The fourth-order valence-corrected chi connectivity index (χ4v) is 4.87. The third-order valence-electron chi connectivity index (χ3n) is 5.33. The summed E-state index contributed by atoms with van der Waals surface area (Å²) >= 11 is 1.61. The van der Waals surface area contributed by atoms with Gasteiger partial charge in [0.2, 0.25) is 0 Å². The number of aryl methyl sites for hydroxylation is 2. The molecule has 0 spiro atoms. The number of thiophene rings is 1. The highest BCUT2D eigenvalue weighted by Crippen LogP contribution is 2.39. The molecule has 0 aromatic carbocycles. The molecule has 1 unspecified atom stereocenters. The largest absolute Gasteiger partial charge is 0.481 e. The van der Waals surface area contributed by atoms with Crippen LogP contribution in [0.3, 0.4) is 0 Å². The summed E-state index contributed by atoms with van der Waals surface area (Å²) in [5.41, 5.74) is 0.541. The van der Waals surface area contributed by atoms with Crippen LogP contribution in [0.25, 0.3) is 0 Å².